The van der Waals surface area contributed by atoms with Gasteiger partial charge in [0, 0.05) is 12.0 Å². The molecule has 6 nitrogen and oxygen atoms in total. The Kier molecular flexibility index (Phi) is 6.49. The number of carboxylic acid groups (broad SMARTS) is 1. The van der Waals surface area contributed by atoms with Gasteiger partial charge in [-0.2, -0.15) is 0 Å². The Bertz CT molecular complexity index is 772. The molecular formula is C20H21N2O4-. The number of aryl methyl sites for hydroxylation is 1. The van der Waals surface area contributed by atoms with Crippen LogP contribution in [0.25, 0.3) is 0 Å². The molecule has 0 saturated heterocycles. The number of hydrogen-bond acceptors (Lipinski definition) is 4. The molecule has 2 aromatic rings. The summed E-state index contributed by atoms with van der Waals surface area (Å²) >= 11 is 0. The maximum Gasteiger partial charge on any atom is 0.251 e. The van der Waals surface area contributed by atoms with Gasteiger partial charge in [-0.3, -0.25) is 9.59 Å². The second kappa shape index (κ2) is 8.80. The lowest BCUT2D eigenvalue weighted by Crippen LogP contribution is -2.54. The second-order valence-electron chi connectivity index (χ2n) is 6.13. The molecule has 2 N–H and O–H groups in total. The average molecular weight is 353 g/mol. The van der Waals surface area contributed by atoms with Gasteiger partial charge < -0.3 is 20.5 Å². The predicted octanol–water partition coefficient (Wildman–Crippen LogP) is 0.591. The van der Waals surface area contributed by atoms with Crippen LogP contribution in [0.1, 0.15) is 28.4 Å². The van der Waals surface area contributed by atoms with E-state index in [-0.39, 0.29) is 6.42 Å². The van der Waals surface area contributed by atoms with Gasteiger partial charge in [-0.15, -0.1) is 0 Å². The SMILES string of the molecule is Cc1ccc(C[C@H](NC(=O)c2ccccc2)C(=O)N[C@H](C)C(=O)[O-])cc1. The lowest BCUT2D eigenvalue weighted by atomic mass is 10.0. The number of amides is 2. The number of carboxylic acids is 1. The molecule has 26 heavy (non-hydrogen) atoms. The third-order valence-corrected chi connectivity index (χ3v) is 3.93. The molecule has 6 heteroatoms. The van der Waals surface area contributed by atoms with Crippen LogP contribution in [0, 0.1) is 6.92 Å². The molecule has 0 aromatic heterocycles. The Morgan fingerprint density at radius 2 is 1.58 bits per heavy atom. The standard InChI is InChI=1S/C20H22N2O4/c1-13-8-10-15(11-9-13)12-17(19(24)21-14(2)20(25)26)22-18(23)16-6-4-3-5-7-16/h3-11,14,17H,12H2,1-2H3,(H,21,24)(H,22,23)(H,25,26)/p-1/t14-,17+/m1/s1. The van der Waals surface area contributed by atoms with Crippen molar-refractivity contribution >= 4 is 17.8 Å². The Labute approximate surface area is 152 Å². The van der Waals surface area contributed by atoms with E-state index in [9.17, 15) is 19.5 Å². The molecule has 0 aliphatic carbocycles. The summed E-state index contributed by atoms with van der Waals surface area (Å²) < 4.78 is 0. The van der Waals surface area contributed by atoms with Gasteiger partial charge in [-0.1, -0.05) is 48.0 Å². The zero-order valence-electron chi connectivity index (χ0n) is 14.7. The molecule has 0 spiro atoms. The van der Waals surface area contributed by atoms with Crippen LogP contribution >= 0.6 is 0 Å². The molecule has 2 aromatic carbocycles. The fraction of sp³-hybridized carbons (Fsp3) is 0.250. The maximum atomic E-state index is 12.5. The quantitative estimate of drug-likeness (QED) is 0.761. The first-order valence-electron chi connectivity index (χ1n) is 8.29. The van der Waals surface area contributed by atoms with Crippen molar-refractivity contribution in [3.05, 3.63) is 71.3 Å². The summed E-state index contributed by atoms with van der Waals surface area (Å²) in [5, 5.41) is 15.9. The topological polar surface area (TPSA) is 98.3 Å². The Morgan fingerprint density at radius 3 is 2.15 bits per heavy atom. The zero-order valence-corrected chi connectivity index (χ0v) is 14.7. The van der Waals surface area contributed by atoms with Crippen molar-refractivity contribution in [3.8, 4) is 0 Å². The summed E-state index contributed by atoms with van der Waals surface area (Å²) in [5.41, 5.74) is 2.35. The van der Waals surface area contributed by atoms with Crippen LogP contribution < -0.4 is 15.7 Å². The molecular weight excluding hydrogens is 332 g/mol. The fourth-order valence-corrected chi connectivity index (χ4v) is 2.37. The van der Waals surface area contributed by atoms with E-state index in [4.69, 9.17) is 0 Å². The van der Waals surface area contributed by atoms with Crippen molar-refractivity contribution in [2.75, 3.05) is 0 Å². The molecule has 2 rings (SSSR count). The normalized spacial score (nSPS) is 12.7. The molecule has 0 fully saturated rings. The monoisotopic (exact) mass is 353 g/mol. The van der Waals surface area contributed by atoms with Gasteiger partial charge in [-0.05, 0) is 31.5 Å². The number of nitrogens with one attached hydrogen (secondary N) is 2. The van der Waals surface area contributed by atoms with Gasteiger partial charge in [0.2, 0.25) is 5.91 Å². The lowest BCUT2D eigenvalue weighted by molar-refractivity contribution is -0.307. The Hall–Kier alpha value is -3.15. The summed E-state index contributed by atoms with van der Waals surface area (Å²) in [6.07, 6.45) is 0.241. The summed E-state index contributed by atoms with van der Waals surface area (Å²) in [7, 11) is 0. The van der Waals surface area contributed by atoms with Gasteiger partial charge in [0.15, 0.2) is 0 Å². The van der Waals surface area contributed by atoms with Crippen molar-refractivity contribution in [1.82, 2.24) is 10.6 Å². The molecule has 0 heterocycles. The third kappa shape index (κ3) is 5.44. The summed E-state index contributed by atoms with van der Waals surface area (Å²) in [6, 6.07) is 14.0. The lowest BCUT2D eigenvalue weighted by Gasteiger charge is -2.22. The van der Waals surface area contributed by atoms with Gasteiger partial charge in [0.25, 0.3) is 5.91 Å². The summed E-state index contributed by atoms with van der Waals surface area (Å²) in [4.78, 5) is 35.8. The van der Waals surface area contributed by atoms with Crippen molar-refractivity contribution in [2.24, 2.45) is 0 Å². The van der Waals surface area contributed by atoms with Crippen molar-refractivity contribution in [2.45, 2.75) is 32.4 Å². The van der Waals surface area contributed by atoms with Crippen molar-refractivity contribution < 1.29 is 19.5 Å². The second-order valence-corrected chi connectivity index (χ2v) is 6.13. The van der Waals surface area contributed by atoms with E-state index in [2.05, 4.69) is 10.6 Å². The highest BCUT2D eigenvalue weighted by atomic mass is 16.4. The smallest absolute Gasteiger partial charge is 0.251 e. The van der Waals surface area contributed by atoms with Gasteiger partial charge >= 0.3 is 0 Å². The number of carbonyl (C=O) groups excluding carboxylic acids is 3. The first-order chi connectivity index (χ1) is 12.4. The minimum Gasteiger partial charge on any atom is -0.548 e. The summed E-state index contributed by atoms with van der Waals surface area (Å²) in [6.45, 7) is 3.27. The van der Waals surface area contributed by atoms with Crippen LogP contribution in [0.2, 0.25) is 0 Å². The van der Waals surface area contributed by atoms with Crippen LogP contribution in [0.5, 0.6) is 0 Å². The number of hydrogen-bond donors (Lipinski definition) is 2. The van der Waals surface area contributed by atoms with Crippen molar-refractivity contribution in [1.29, 1.82) is 0 Å². The van der Waals surface area contributed by atoms with E-state index in [1.165, 1.54) is 6.92 Å². The number of aliphatic carboxylic acids is 1. The van der Waals surface area contributed by atoms with Crippen LogP contribution in [-0.2, 0) is 16.0 Å². The molecule has 0 bridgehead atoms. The summed E-state index contributed by atoms with van der Waals surface area (Å²) in [5.74, 6) is -2.37. The molecule has 136 valence electrons. The van der Waals surface area contributed by atoms with E-state index in [0.717, 1.165) is 11.1 Å². The largest absolute Gasteiger partial charge is 0.548 e. The van der Waals surface area contributed by atoms with Gasteiger partial charge in [-0.25, -0.2) is 0 Å². The fourth-order valence-electron chi connectivity index (χ4n) is 2.37. The van der Waals surface area contributed by atoms with Crippen LogP contribution in [0.4, 0.5) is 0 Å². The van der Waals surface area contributed by atoms with Crippen molar-refractivity contribution in [3.63, 3.8) is 0 Å². The third-order valence-electron chi connectivity index (χ3n) is 3.93. The molecule has 0 radical (unpaired) electrons. The molecule has 0 unspecified atom stereocenters. The molecule has 2 atom stereocenters. The predicted molar refractivity (Wildman–Crippen MR) is 95.2 cm³/mol. The minimum absolute atomic E-state index is 0.241. The highest BCUT2D eigenvalue weighted by molar-refractivity contribution is 5.98. The minimum atomic E-state index is -1.39. The van der Waals surface area contributed by atoms with Gasteiger partial charge in [0.1, 0.15) is 6.04 Å². The van der Waals surface area contributed by atoms with Crippen LogP contribution in [0.3, 0.4) is 0 Å². The first kappa shape index (κ1) is 19.2. The number of rotatable bonds is 7. The van der Waals surface area contributed by atoms with Crippen LogP contribution in [0.15, 0.2) is 54.6 Å². The number of carbonyl (C=O) groups is 3. The van der Waals surface area contributed by atoms with E-state index >= 15 is 0 Å². The maximum absolute atomic E-state index is 12.5. The van der Waals surface area contributed by atoms with E-state index in [1.807, 2.05) is 31.2 Å². The average Bonchev–Trinajstić information content (AvgIpc) is 2.63. The number of benzene rings is 2. The zero-order chi connectivity index (χ0) is 19.1. The molecule has 0 aliphatic rings. The Balaban J connectivity index is 2.17. The highest BCUT2D eigenvalue weighted by Gasteiger charge is 2.23. The van der Waals surface area contributed by atoms with Crippen LogP contribution in [-0.4, -0.2) is 29.9 Å². The highest BCUT2D eigenvalue weighted by Crippen LogP contribution is 2.08. The van der Waals surface area contributed by atoms with E-state index in [1.54, 1.807) is 30.3 Å². The van der Waals surface area contributed by atoms with Gasteiger partial charge in [0.05, 0.1) is 12.0 Å². The van der Waals surface area contributed by atoms with E-state index < -0.39 is 29.9 Å². The Morgan fingerprint density at radius 1 is 0.962 bits per heavy atom. The molecule has 0 aliphatic heterocycles. The van der Waals surface area contributed by atoms with E-state index in [0.29, 0.717) is 5.56 Å². The first-order valence-corrected chi connectivity index (χ1v) is 8.29. The molecule has 0 saturated carbocycles. The molecule has 2 amide bonds.